The molecule has 1 atom stereocenters. The number of hydrogen-bond acceptors (Lipinski definition) is 4. The SMILES string of the molecule is CCC(C)(C)C1CCc2c(sc(NC(=S)NC(=O)Cc3cccc4ccccc34)c2C#N)C1. The molecule has 4 nitrogen and oxygen atoms in total. The highest BCUT2D eigenvalue weighted by atomic mass is 32.1. The van der Waals surface area contributed by atoms with E-state index in [1.807, 2.05) is 42.5 Å². The molecule has 0 radical (unpaired) electrons. The summed E-state index contributed by atoms with van der Waals surface area (Å²) in [4.78, 5) is 14.0. The lowest BCUT2D eigenvalue weighted by Crippen LogP contribution is -2.35. The number of nitrogens with zero attached hydrogens (tertiary/aromatic N) is 1. The zero-order chi connectivity index (χ0) is 23.6. The smallest absolute Gasteiger partial charge is 0.230 e. The number of rotatable bonds is 5. The molecule has 1 aliphatic rings. The Hall–Kier alpha value is -2.75. The average Bonchev–Trinajstić information content (AvgIpc) is 3.15. The topological polar surface area (TPSA) is 64.9 Å². The van der Waals surface area contributed by atoms with E-state index in [1.165, 1.54) is 4.88 Å². The van der Waals surface area contributed by atoms with E-state index in [0.717, 1.165) is 52.6 Å². The van der Waals surface area contributed by atoms with Gasteiger partial charge in [0.25, 0.3) is 0 Å². The number of carbonyl (C=O) groups excluding carboxylic acids is 1. The number of carbonyl (C=O) groups is 1. The van der Waals surface area contributed by atoms with Crippen molar-refractivity contribution in [2.45, 2.75) is 52.9 Å². The van der Waals surface area contributed by atoms with Gasteiger partial charge < -0.3 is 10.6 Å². The molecule has 0 spiro atoms. The Bertz CT molecular complexity index is 1250. The molecule has 0 saturated carbocycles. The van der Waals surface area contributed by atoms with Crippen LogP contribution in [0.3, 0.4) is 0 Å². The van der Waals surface area contributed by atoms with Crippen molar-refractivity contribution >= 4 is 50.3 Å². The molecule has 170 valence electrons. The van der Waals surface area contributed by atoms with Gasteiger partial charge in [0.1, 0.15) is 11.1 Å². The van der Waals surface area contributed by atoms with Gasteiger partial charge in [-0.25, -0.2) is 0 Å². The molecule has 2 N–H and O–H groups in total. The molecule has 2 aromatic carbocycles. The van der Waals surface area contributed by atoms with Crippen LogP contribution in [0.15, 0.2) is 42.5 Å². The molecule has 0 aliphatic heterocycles. The minimum Gasteiger partial charge on any atom is -0.323 e. The molecule has 1 aromatic heterocycles. The predicted molar refractivity (Wildman–Crippen MR) is 141 cm³/mol. The van der Waals surface area contributed by atoms with Crippen LogP contribution in [0.5, 0.6) is 0 Å². The highest BCUT2D eigenvalue weighted by Crippen LogP contribution is 2.45. The van der Waals surface area contributed by atoms with Gasteiger partial charge in [0.2, 0.25) is 5.91 Å². The molecule has 1 amide bonds. The monoisotopic (exact) mass is 475 g/mol. The lowest BCUT2D eigenvalue weighted by atomic mass is 9.69. The number of hydrogen-bond donors (Lipinski definition) is 2. The molecule has 0 saturated heterocycles. The van der Waals surface area contributed by atoms with E-state index in [1.54, 1.807) is 11.3 Å². The second kappa shape index (κ2) is 9.62. The molecule has 33 heavy (non-hydrogen) atoms. The van der Waals surface area contributed by atoms with Crippen LogP contribution in [0, 0.1) is 22.7 Å². The summed E-state index contributed by atoms with van der Waals surface area (Å²) in [6, 6.07) is 16.4. The van der Waals surface area contributed by atoms with Gasteiger partial charge in [0, 0.05) is 4.88 Å². The summed E-state index contributed by atoms with van der Waals surface area (Å²) in [7, 11) is 0. The summed E-state index contributed by atoms with van der Waals surface area (Å²) in [5.41, 5.74) is 3.07. The fraction of sp³-hybridized carbons (Fsp3) is 0.370. The molecular formula is C27H29N3OS2. The van der Waals surface area contributed by atoms with Crippen LogP contribution >= 0.6 is 23.6 Å². The van der Waals surface area contributed by atoms with Gasteiger partial charge in [-0.2, -0.15) is 5.26 Å². The quantitative estimate of drug-likeness (QED) is 0.421. The van der Waals surface area contributed by atoms with Gasteiger partial charge in [-0.3, -0.25) is 4.79 Å². The second-order valence-electron chi connectivity index (χ2n) is 9.42. The first-order valence-electron chi connectivity index (χ1n) is 11.4. The van der Waals surface area contributed by atoms with Crippen LogP contribution in [0.2, 0.25) is 0 Å². The van der Waals surface area contributed by atoms with Gasteiger partial charge in [-0.1, -0.05) is 69.7 Å². The average molecular weight is 476 g/mol. The summed E-state index contributed by atoms with van der Waals surface area (Å²) in [5, 5.41) is 18.9. The highest BCUT2D eigenvalue weighted by Gasteiger charge is 2.34. The van der Waals surface area contributed by atoms with Crippen molar-refractivity contribution in [3.05, 3.63) is 64.0 Å². The van der Waals surface area contributed by atoms with Crippen LogP contribution in [0.4, 0.5) is 5.00 Å². The minimum atomic E-state index is -0.173. The van der Waals surface area contributed by atoms with E-state index in [0.29, 0.717) is 11.5 Å². The highest BCUT2D eigenvalue weighted by molar-refractivity contribution is 7.80. The first-order chi connectivity index (χ1) is 15.8. The van der Waals surface area contributed by atoms with Gasteiger partial charge in [-0.05, 0) is 64.7 Å². The Balaban J connectivity index is 1.45. The Morgan fingerprint density at radius 2 is 2.00 bits per heavy atom. The van der Waals surface area contributed by atoms with Crippen LogP contribution in [0.25, 0.3) is 10.8 Å². The molecule has 3 aromatic rings. The Kier molecular flexibility index (Phi) is 6.83. The molecule has 0 bridgehead atoms. The molecule has 1 aliphatic carbocycles. The molecule has 1 unspecified atom stereocenters. The van der Waals surface area contributed by atoms with Crippen molar-refractivity contribution in [3.8, 4) is 6.07 Å². The van der Waals surface area contributed by atoms with Crippen LogP contribution in [0.1, 0.15) is 55.2 Å². The molecule has 6 heteroatoms. The molecule has 4 rings (SSSR count). The lowest BCUT2D eigenvalue weighted by Gasteiger charge is -2.36. The number of anilines is 1. The fourth-order valence-electron chi connectivity index (χ4n) is 4.67. The standard InChI is InChI=1S/C27H29N3OS2/c1-4-27(2,3)19-12-13-21-22(16-28)25(33-23(21)15-19)30-26(32)29-24(31)14-18-10-7-9-17-8-5-6-11-20(17)18/h5-11,19H,4,12-15H2,1-3H3,(H2,29,30,31,32). The number of thiophene rings is 1. The maximum atomic E-state index is 12.7. The van der Waals surface area contributed by atoms with E-state index >= 15 is 0 Å². The number of amides is 1. The van der Waals surface area contributed by atoms with E-state index in [2.05, 4.69) is 37.5 Å². The van der Waals surface area contributed by atoms with E-state index < -0.39 is 0 Å². The predicted octanol–water partition coefficient (Wildman–Crippen LogP) is 6.37. The zero-order valence-corrected chi connectivity index (χ0v) is 21.0. The summed E-state index contributed by atoms with van der Waals surface area (Å²) in [6.07, 6.45) is 4.40. The van der Waals surface area contributed by atoms with E-state index in [4.69, 9.17) is 12.2 Å². The van der Waals surface area contributed by atoms with Crippen LogP contribution < -0.4 is 10.6 Å². The summed E-state index contributed by atoms with van der Waals surface area (Å²) >= 11 is 7.03. The molecule has 0 fully saturated rings. The van der Waals surface area contributed by atoms with Gasteiger partial charge >= 0.3 is 0 Å². The normalized spacial score (nSPS) is 15.5. The molecule has 1 heterocycles. The summed E-state index contributed by atoms with van der Waals surface area (Å²) < 4.78 is 0. The number of benzene rings is 2. The number of thiocarbonyl (C=S) groups is 1. The summed E-state index contributed by atoms with van der Waals surface area (Å²) in [6.45, 7) is 6.92. The van der Waals surface area contributed by atoms with Crippen molar-refractivity contribution in [1.82, 2.24) is 5.32 Å². The largest absolute Gasteiger partial charge is 0.323 e. The third-order valence-electron chi connectivity index (χ3n) is 7.10. The number of fused-ring (bicyclic) bond motifs is 2. The van der Waals surface area contributed by atoms with Crippen molar-refractivity contribution in [2.24, 2.45) is 11.3 Å². The minimum absolute atomic E-state index is 0.173. The second-order valence-corrected chi connectivity index (χ2v) is 10.9. The van der Waals surface area contributed by atoms with E-state index in [-0.39, 0.29) is 22.9 Å². The first kappa shape index (κ1) is 23.4. The van der Waals surface area contributed by atoms with Crippen LogP contribution in [-0.2, 0) is 24.1 Å². The third-order valence-corrected chi connectivity index (χ3v) is 8.48. The Labute approximate surface area is 205 Å². The van der Waals surface area contributed by atoms with Gasteiger partial charge in [0.05, 0.1) is 12.0 Å². The van der Waals surface area contributed by atoms with Gasteiger partial charge in [0.15, 0.2) is 5.11 Å². The van der Waals surface area contributed by atoms with Crippen molar-refractivity contribution in [3.63, 3.8) is 0 Å². The lowest BCUT2D eigenvalue weighted by molar-refractivity contribution is -0.119. The third kappa shape index (κ3) is 4.95. The molecular weight excluding hydrogens is 446 g/mol. The number of nitriles is 1. The fourth-order valence-corrected chi connectivity index (χ4v) is 6.24. The maximum Gasteiger partial charge on any atom is 0.230 e. The maximum absolute atomic E-state index is 12.7. The van der Waals surface area contributed by atoms with Crippen molar-refractivity contribution in [1.29, 1.82) is 5.26 Å². The van der Waals surface area contributed by atoms with Crippen LogP contribution in [-0.4, -0.2) is 11.0 Å². The number of nitrogens with one attached hydrogen (secondary N) is 2. The van der Waals surface area contributed by atoms with E-state index in [9.17, 15) is 10.1 Å². The summed E-state index contributed by atoms with van der Waals surface area (Å²) in [5.74, 6) is 0.439. The Morgan fingerprint density at radius 1 is 1.24 bits per heavy atom. The van der Waals surface area contributed by atoms with Crippen molar-refractivity contribution < 1.29 is 4.79 Å². The van der Waals surface area contributed by atoms with Gasteiger partial charge in [-0.15, -0.1) is 11.3 Å². The first-order valence-corrected chi connectivity index (χ1v) is 12.7. The van der Waals surface area contributed by atoms with Crippen molar-refractivity contribution in [2.75, 3.05) is 5.32 Å². The Morgan fingerprint density at radius 3 is 2.76 bits per heavy atom. The zero-order valence-electron chi connectivity index (χ0n) is 19.3.